The van der Waals surface area contributed by atoms with E-state index in [1.54, 1.807) is 43.3 Å². The third-order valence-electron chi connectivity index (χ3n) is 3.10. The largest absolute Gasteiger partial charge is 0.423 e. The van der Waals surface area contributed by atoms with Gasteiger partial charge >= 0.3 is 12.0 Å². The second kappa shape index (κ2) is 7.22. The predicted octanol–water partition coefficient (Wildman–Crippen LogP) is 2.99. The van der Waals surface area contributed by atoms with Gasteiger partial charge in [-0.1, -0.05) is 6.92 Å². The minimum Gasteiger partial charge on any atom is -0.423 e. The van der Waals surface area contributed by atoms with E-state index in [9.17, 15) is 14.4 Å². The number of hydrogen-bond donors (Lipinski definition) is 2. The minimum absolute atomic E-state index is 0.0282. The van der Waals surface area contributed by atoms with Crippen LogP contribution in [0.5, 0.6) is 5.75 Å². The number of amides is 2. The smallest absolute Gasteiger partial charge is 0.343 e. The molecule has 6 heteroatoms. The molecule has 0 aliphatic heterocycles. The third kappa shape index (κ3) is 4.41. The molecular formula is C17H16N2O4. The number of urea groups is 1. The molecule has 2 amide bonds. The van der Waals surface area contributed by atoms with Crippen molar-refractivity contribution < 1.29 is 19.1 Å². The number of rotatable bonds is 5. The fourth-order valence-corrected chi connectivity index (χ4v) is 1.91. The summed E-state index contributed by atoms with van der Waals surface area (Å²) >= 11 is 0. The maximum atomic E-state index is 12.0. The second-order valence-electron chi connectivity index (χ2n) is 4.76. The van der Waals surface area contributed by atoms with Crippen molar-refractivity contribution in [2.75, 3.05) is 5.32 Å². The molecule has 0 saturated carbocycles. The number of anilines is 1. The zero-order valence-electron chi connectivity index (χ0n) is 12.5. The molecule has 2 aromatic rings. The standard InChI is InChI=1S/C17H16N2O4/c1-2-15(20)11-5-9-14(10-6-11)23-16(21)12-3-7-13(8-4-12)19-17(18)22/h3-10H,2H2,1H3,(H3,18,19,22). The topological polar surface area (TPSA) is 98.5 Å². The Morgan fingerprint density at radius 2 is 1.52 bits per heavy atom. The van der Waals surface area contributed by atoms with E-state index in [0.717, 1.165) is 0 Å². The molecule has 0 atom stereocenters. The number of hydrogen-bond acceptors (Lipinski definition) is 4. The van der Waals surface area contributed by atoms with Crippen molar-refractivity contribution in [2.24, 2.45) is 5.73 Å². The number of benzene rings is 2. The first-order chi connectivity index (χ1) is 11.0. The van der Waals surface area contributed by atoms with Crippen LogP contribution in [0.25, 0.3) is 0 Å². The van der Waals surface area contributed by atoms with E-state index in [2.05, 4.69) is 5.32 Å². The van der Waals surface area contributed by atoms with Crippen LogP contribution in [0.4, 0.5) is 10.5 Å². The minimum atomic E-state index is -0.679. The highest BCUT2D eigenvalue weighted by molar-refractivity contribution is 5.96. The van der Waals surface area contributed by atoms with Gasteiger partial charge in [-0.15, -0.1) is 0 Å². The van der Waals surface area contributed by atoms with E-state index in [1.807, 2.05) is 0 Å². The summed E-state index contributed by atoms with van der Waals surface area (Å²) in [7, 11) is 0. The Hall–Kier alpha value is -3.15. The molecule has 6 nitrogen and oxygen atoms in total. The number of Topliss-reactive ketones (excluding diaryl/α,β-unsaturated/α-hetero) is 1. The normalized spacial score (nSPS) is 9.96. The highest BCUT2D eigenvalue weighted by Gasteiger charge is 2.10. The summed E-state index contributed by atoms with van der Waals surface area (Å²) in [5.41, 5.74) is 6.39. The van der Waals surface area contributed by atoms with Gasteiger partial charge in [-0.2, -0.15) is 0 Å². The number of nitrogens with two attached hydrogens (primary N) is 1. The SMILES string of the molecule is CCC(=O)c1ccc(OC(=O)c2ccc(NC(N)=O)cc2)cc1. The summed E-state index contributed by atoms with van der Waals surface area (Å²) in [6.07, 6.45) is 0.421. The Morgan fingerprint density at radius 1 is 0.957 bits per heavy atom. The van der Waals surface area contributed by atoms with Crippen molar-refractivity contribution in [1.82, 2.24) is 0 Å². The molecule has 0 aromatic heterocycles. The Balaban J connectivity index is 2.03. The molecule has 0 aliphatic rings. The van der Waals surface area contributed by atoms with Crippen LogP contribution in [-0.2, 0) is 0 Å². The summed E-state index contributed by atoms with van der Waals surface area (Å²) in [5.74, 6) is -0.160. The van der Waals surface area contributed by atoms with E-state index in [-0.39, 0.29) is 5.78 Å². The number of ether oxygens (including phenoxy) is 1. The maximum Gasteiger partial charge on any atom is 0.343 e. The summed E-state index contributed by atoms with van der Waals surface area (Å²) < 4.78 is 5.23. The lowest BCUT2D eigenvalue weighted by atomic mass is 10.1. The highest BCUT2D eigenvalue weighted by atomic mass is 16.5. The molecule has 0 fully saturated rings. The fourth-order valence-electron chi connectivity index (χ4n) is 1.91. The summed E-state index contributed by atoms with van der Waals surface area (Å²) in [4.78, 5) is 34.3. The monoisotopic (exact) mass is 312 g/mol. The quantitative estimate of drug-likeness (QED) is 0.503. The van der Waals surface area contributed by atoms with Crippen molar-refractivity contribution in [2.45, 2.75) is 13.3 Å². The first kappa shape index (κ1) is 16.2. The molecule has 118 valence electrons. The predicted molar refractivity (Wildman–Crippen MR) is 85.7 cm³/mol. The highest BCUT2D eigenvalue weighted by Crippen LogP contribution is 2.16. The van der Waals surface area contributed by atoms with Gasteiger partial charge < -0.3 is 15.8 Å². The molecule has 0 unspecified atom stereocenters. The molecule has 0 saturated heterocycles. The van der Waals surface area contributed by atoms with Crippen molar-refractivity contribution in [3.8, 4) is 5.75 Å². The van der Waals surface area contributed by atoms with E-state index < -0.39 is 12.0 Å². The first-order valence-electron chi connectivity index (χ1n) is 7.01. The van der Waals surface area contributed by atoms with Gasteiger partial charge in [0, 0.05) is 17.7 Å². The van der Waals surface area contributed by atoms with Gasteiger partial charge in [-0.05, 0) is 48.5 Å². The van der Waals surface area contributed by atoms with Gasteiger partial charge in [0.1, 0.15) is 5.75 Å². The molecule has 2 rings (SSSR count). The van der Waals surface area contributed by atoms with Gasteiger partial charge in [-0.25, -0.2) is 9.59 Å². The Morgan fingerprint density at radius 3 is 2.04 bits per heavy atom. The molecule has 2 aromatic carbocycles. The Kier molecular flexibility index (Phi) is 5.09. The lowest BCUT2D eigenvalue weighted by Gasteiger charge is -2.06. The summed E-state index contributed by atoms with van der Waals surface area (Å²) in [6, 6.07) is 11.8. The van der Waals surface area contributed by atoms with Crippen molar-refractivity contribution >= 4 is 23.5 Å². The molecular weight excluding hydrogens is 296 g/mol. The van der Waals surface area contributed by atoms with Crippen LogP contribution in [-0.4, -0.2) is 17.8 Å². The van der Waals surface area contributed by atoms with Gasteiger partial charge in [0.25, 0.3) is 0 Å². The number of carbonyl (C=O) groups is 3. The third-order valence-corrected chi connectivity index (χ3v) is 3.10. The Bertz CT molecular complexity index is 721. The van der Waals surface area contributed by atoms with Gasteiger partial charge in [0.15, 0.2) is 5.78 Å². The zero-order valence-corrected chi connectivity index (χ0v) is 12.5. The maximum absolute atomic E-state index is 12.0. The molecule has 0 bridgehead atoms. The molecule has 3 N–H and O–H groups in total. The molecule has 0 heterocycles. The van der Waals surface area contributed by atoms with Gasteiger partial charge in [0.2, 0.25) is 0 Å². The average Bonchev–Trinajstić information content (AvgIpc) is 2.55. The summed E-state index contributed by atoms with van der Waals surface area (Å²) in [6.45, 7) is 1.78. The second-order valence-corrected chi connectivity index (χ2v) is 4.76. The van der Waals surface area contributed by atoms with Crippen molar-refractivity contribution in [3.63, 3.8) is 0 Å². The van der Waals surface area contributed by atoms with Crippen molar-refractivity contribution in [1.29, 1.82) is 0 Å². The van der Waals surface area contributed by atoms with E-state index in [1.165, 1.54) is 12.1 Å². The van der Waals surface area contributed by atoms with Gasteiger partial charge in [0.05, 0.1) is 5.56 Å². The lowest BCUT2D eigenvalue weighted by molar-refractivity contribution is 0.0734. The van der Waals surface area contributed by atoms with Crippen LogP contribution in [0.2, 0.25) is 0 Å². The van der Waals surface area contributed by atoms with E-state index in [4.69, 9.17) is 10.5 Å². The number of primary amides is 1. The number of nitrogens with one attached hydrogen (secondary N) is 1. The van der Waals surface area contributed by atoms with E-state index >= 15 is 0 Å². The number of carbonyl (C=O) groups excluding carboxylic acids is 3. The van der Waals surface area contributed by atoms with Crippen LogP contribution in [0.15, 0.2) is 48.5 Å². The van der Waals surface area contributed by atoms with Crippen LogP contribution < -0.4 is 15.8 Å². The van der Waals surface area contributed by atoms with Crippen LogP contribution >= 0.6 is 0 Å². The van der Waals surface area contributed by atoms with Gasteiger partial charge in [-0.3, -0.25) is 4.79 Å². The van der Waals surface area contributed by atoms with Crippen LogP contribution in [0.3, 0.4) is 0 Å². The molecule has 0 aliphatic carbocycles. The van der Waals surface area contributed by atoms with Crippen LogP contribution in [0, 0.1) is 0 Å². The molecule has 0 spiro atoms. The lowest BCUT2D eigenvalue weighted by Crippen LogP contribution is -2.19. The zero-order chi connectivity index (χ0) is 16.8. The molecule has 0 radical (unpaired) electrons. The van der Waals surface area contributed by atoms with Crippen LogP contribution in [0.1, 0.15) is 34.1 Å². The van der Waals surface area contributed by atoms with E-state index in [0.29, 0.717) is 29.0 Å². The average molecular weight is 312 g/mol. The first-order valence-corrected chi connectivity index (χ1v) is 7.01. The number of esters is 1. The molecule has 23 heavy (non-hydrogen) atoms. The Labute approximate surface area is 133 Å². The fraction of sp³-hybridized carbons (Fsp3) is 0.118. The number of ketones is 1. The van der Waals surface area contributed by atoms with Crippen molar-refractivity contribution in [3.05, 3.63) is 59.7 Å². The summed E-state index contributed by atoms with van der Waals surface area (Å²) in [5, 5.41) is 2.40.